The predicted octanol–water partition coefficient (Wildman–Crippen LogP) is 2.16. The van der Waals surface area contributed by atoms with Gasteiger partial charge in [0.05, 0.1) is 7.11 Å². The van der Waals surface area contributed by atoms with E-state index < -0.39 is 0 Å². The predicted molar refractivity (Wildman–Crippen MR) is 95.2 cm³/mol. The highest BCUT2D eigenvalue weighted by Crippen LogP contribution is 2.28. The molecule has 1 amide bonds. The van der Waals surface area contributed by atoms with Crippen molar-refractivity contribution in [2.75, 3.05) is 25.1 Å². The molecule has 0 bridgehead atoms. The van der Waals surface area contributed by atoms with E-state index in [0.29, 0.717) is 23.5 Å². The molecule has 0 radical (unpaired) electrons. The number of methoxy groups -OCH3 is 1. The summed E-state index contributed by atoms with van der Waals surface area (Å²) in [7, 11) is 1.60. The minimum Gasteiger partial charge on any atom is -0.496 e. The number of nitrogens with one attached hydrogen (secondary N) is 1. The second kappa shape index (κ2) is 6.99. The third-order valence-electron chi connectivity index (χ3n) is 4.51. The summed E-state index contributed by atoms with van der Waals surface area (Å²) >= 11 is 0. The van der Waals surface area contributed by atoms with E-state index in [4.69, 9.17) is 9.26 Å². The van der Waals surface area contributed by atoms with Crippen molar-refractivity contribution in [3.63, 3.8) is 0 Å². The van der Waals surface area contributed by atoms with Crippen molar-refractivity contribution < 1.29 is 14.1 Å². The van der Waals surface area contributed by atoms with Crippen LogP contribution < -0.4 is 15.0 Å². The van der Waals surface area contributed by atoms with E-state index in [-0.39, 0.29) is 11.6 Å². The van der Waals surface area contributed by atoms with Gasteiger partial charge in [0.25, 0.3) is 11.6 Å². The molecule has 2 aromatic heterocycles. The number of rotatable bonds is 5. The number of amides is 1. The van der Waals surface area contributed by atoms with Gasteiger partial charge < -0.3 is 19.5 Å². The van der Waals surface area contributed by atoms with Crippen LogP contribution in [0.2, 0.25) is 0 Å². The van der Waals surface area contributed by atoms with E-state index in [2.05, 4.69) is 25.3 Å². The van der Waals surface area contributed by atoms with Crippen LogP contribution >= 0.6 is 0 Å². The first kappa shape index (κ1) is 16.3. The van der Waals surface area contributed by atoms with Gasteiger partial charge in [0.1, 0.15) is 23.3 Å². The molecule has 0 spiro atoms. The molecule has 1 aliphatic heterocycles. The number of hydrogen-bond acceptors (Lipinski definition) is 7. The fourth-order valence-electron chi connectivity index (χ4n) is 3.20. The Bertz CT molecular complexity index is 933. The highest BCUT2D eigenvalue weighted by Gasteiger charge is 2.25. The maximum atomic E-state index is 12.7. The fraction of sp³-hybridized carbons (Fsp3) is 0.333. The SMILES string of the molecule is COc1ccccc1CNC(=O)c1noc2ncnc(N3CCCC3)c12. The molecule has 1 fully saturated rings. The molecule has 0 atom stereocenters. The van der Waals surface area contributed by atoms with Crippen LogP contribution in [0.4, 0.5) is 5.82 Å². The first-order valence-electron chi connectivity index (χ1n) is 8.53. The van der Waals surface area contributed by atoms with Gasteiger partial charge in [0, 0.05) is 25.2 Å². The molecule has 8 nitrogen and oxygen atoms in total. The number of anilines is 1. The normalized spacial score (nSPS) is 14.0. The number of benzene rings is 1. The van der Waals surface area contributed by atoms with Crippen LogP contribution in [-0.4, -0.2) is 41.2 Å². The Labute approximate surface area is 150 Å². The largest absolute Gasteiger partial charge is 0.496 e. The molecule has 0 saturated carbocycles. The number of para-hydroxylation sites is 1. The standard InChI is InChI=1S/C18H19N5O3/c1-25-13-7-3-2-6-12(13)10-19-17(24)15-14-16(23-8-4-5-9-23)20-11-21-18(14)26-22-15/h2-3,6-7,11H,4-5,8-10H2,1H3,(H,19,24). The lowest BCUT2D eigenvalue weighted by Gasteiger charge is -2.16. The summed E-state index contributed by atoms with van der Waals surface area (Å²) in [5, 5.41) is 7.37. The first-order chi connectivity index (χ1) is 12.8. The van der Waals surface area contributed by atoms with Gasteiger partial charge in [-0.3, -0.25) is 4.79 Å². The Morgan fingerprint density at radius 1 is 1.27 bits per heavy atom. The lowest BCUT2D eigenvalue weighted by Crippen LogP contribution is -2.25. The molecule has 8 heteroatoms. The summed E-state index contributed by atoms with van der Waals surface area (Å²) in [6, 6.07) is 7.54. The maximum absolute atomic E-state index is 12.7. The van der Waals surface area contributed by atoms with Crippen molar-refractivity contribution in [2.45, 2.75) is 19.4 Å². The van der Waals surface area contributed by atoms with E-state index in [1.807, 2.05) is 24.3 Å². The number of hydrogen-bond donors (Lipinski definition) is 1. The van der Waals surface area contributed by atoms with Crippen LogP contribution in [0, 0.1) is 0 Å². The van der Waals surface area contributed by atoms with Gasteiger partial charge in [-0.1, -0.05) is 23.4 Å². The van der Waals surface area contributed by atoms with Crippen LogP contribution in [0.25, 0.3) is 11.1 Å². The van der Waals surface area contributed by atoms with Crippen LogP contribution in [0.1, 0.15) is 28.9 Å². The Morgan fingerprint density at radius 2 is 2.08 bits per heavy atom. The molecule has 1 N–H and O–H groups in total. The number of ether oxygens (including phenoxy) is 1. The number of fused-ring (bicyclic) bond motifs is 1. The third-order valence-corrected chi connectivity index (χ3v) is 4.51. The lowest BCUT2D eigenvalue weighted by atomic mass is 10.2. The molecule has 3 heterocycles. The topological polar surface area (TPSA) is 93.4 Å². The molecule has 1 saturated heterocycles. The molecule has 1 aromatic carbocycles. The van der Waals surface area contributed by atoms with Crippen molar-refractivity contribution in [1.82, 2.24) is 20.4 Å². The van der Waals surface area contributed by atoms with Crippen molar-refractivity contribution in [1.29, 1.82) is 0 Å². The third kappa shape index (κ3) is 2.94. The van der Waals surface area contributed by atoms with Crippen molar-refractivity contribution in [2.24, 2.45) is 0 Å². The number of nitrogens with zero attached hydrogens (tertiary/aromatic N) is 4. The fourth-order valence-corrected chi connectivity index (χ4v) is 3.20. The summed E-state index contributed by atoms with van der Waals surface area (Å²) in [5.41, 5.74) is 1.41. The molecule has 0 unspecified atom stereocenters. The minimum absolute atomic E-state index is 0.206. The molecular weight excluding hydrogens is 334 g/mol. The summed E-state index contributed by atoms with van der Waals surface area (Å²) in [6.45, 7) is 2.13. The number of carbonyl (C=O) groups is 1. The van der Waals surface area contributed by atoms with Gasteiger partial charge in [0.2, 0.25) is 0 Å². The van der Waals surface area contributed by atoms with E-state index in [1.54, 1.807) is 7.11 Å². The van der Waals surface area contributed by atoms with Gasteiger partial charge in [-0.15, -0.1) is 0 Å². The summed E-state index contributed by atoms with van der Waals surface area (Å²) < 4.78 is 10.6. The van der Waals surface area contributed by atoms with Crippen LogP contribution in [-0.2, 0) is 6.54 Å². The quantitative estimate of drug-likeness (QED) is 0.751. The smallest absolute Gasteiger partial charge is 0.274 e. The highest BCUT2D eigenvalue weighted by molar-refractivity contribution is 6.07. The van der Waals surface area contributed by atoms with E-state index in [0.717, 1.165) is 37.2 Å². The number of carbonyl (C=O) groups excluding carboxylic acids is 1. The van der Waals surface area contributed by atoms with E-state index in [9.17, 15) is 4.79 Å². The minimum atomic E-state index is -0.329. The molecule has 3 aromatic rings. The van der Waals surface area contributed by atoms with E-state index in [1.165, 1.54) is 6.33 Å². The van der Waals surface area contributed by atoms with Gasteiger partial charge in [-0.2, -0.15) is 4.98 Å². The van der Waals surface area contributed by atoms with Gasteiger partial charge in [-0.05, 0) is 18.9 Å². The Hall–Kier alpha value is -3.16. The zero-order valence-electron chi connectivity index (χ0n) is 14.4. The van der Waals surface area contributed by atoms with Gasteiger partial charge in [-0.25, -0.2) is 4.98 Å². The summed E-state index contributed by atoms with van der Waals surface area (Å²) in [4.78, 5) is 23.3. The molecule has 1 aliphatic rings. The second-order valence-corrected chi connectivity index (χ2v) is 6.10. The monoisotopic (exact) mass is 353 g/mol. The Kier molecular flexibility index (Phi) is 4.39. The van der Waals surface area contributed by atoms with Crippen LogP contribution in [0.3, 0.4) is 0 Å². The zero-order chi connectivity index (χ0) is 17.9. The highest BCUT2D eigenvalue weighted by atomic mass is 16.5. The van der Waals surface area contributed by atoms with Crippen LogP contribution in [0.15, 0.2) is 35.1 Å². The maximum Gasteiger partial charge on any atom is 0.274 e. The molecular formula is C18H19N5O3. The zero-order valence-corrected chi connectivity index (χ0v) is 14.4. The number of aromatic nitrogens is 3. The van der Waals surface area contributed by atoms with Crippen LogP contribution in [0.5, 0.6) is 5.75 Å². The molecule has 0 aliphatic carbocycles. The van der Waals surface area contributed by atoms with Crippen molar-refractivity contribution in [3.8, 4) is 5.75 Å². The molecule has 134 valence electrons. The Morgan fingerprint density at radius 3 is 2.88 bits per heavy atom. The Balaban J connectivity index is 1.61. The van der Waals surface area contributed by atoms with Gasteiger partial charge >= 0.3 is 0 Å². The second-order valence-electron chi connectivity index (χ2n) is 6.10. The van der Waals surface area contributed by atoms with Crippen molar-refractivity contribution in [3.05, 3.63) is 41.9 Å². The first-order valence-corrected chi connectivity index (χ1v) is 8.53. The summed E-state index contributed by atoms with van der Waals surface area (Å²) in [5.74, 6) is 1.10. The molecule has 4 rings (SSSR count). The van der Waals surface area contributed by atoms with Crippen molar-refractivity contribution >= 4 is 22.8 Å². The average Bonchev–Trinajstić information content (AvgIpc) is 3.36. The molecule has 26 heavy (non-hydrogen) atoms. The van der Waals surface area contributed by atoms with E-state index >= 15 is 0 Å². The summed E-state index contributed by atoms with van der Waals surface area (Å²) in [6.07, 6.45) is 3.65. The lowest BCUT2D eigenvalue weighted by molar-refractivity contribution is 0.0943. The van der Waals surface area contributed by atoms with Gasteiger partial charge in [0.15, 0.2) is 5.69 Å². The average molecular weight is 353 g/mol.